The topological polar surface area (TPSA) is 24.5 Å². The average molecular weight is 269 g/mol. The molecular formula is C14H21ClN2O. The molecule has 1 aromatic rings. The Bertz CT molecular complexity index is 389. The zero-order valence-corrected chi connectivity index (χ0v) is 11.8. The molecule has 0 atom stereocenters. The molecule has 2 rings (SSSR count). The SMILES string of the molecule is CC(C)NCc1cc(Cl)ccc1N1CCOCC1. The van der Waals surface area contributed by atoms with Crippen molar-refractivity contribution in [1.29, 1.82) is 0 Å². The minimum absolute atomic E-state index is 0.474. The number of rotatable bonds is 4. The highest BCUT2D eigenvalue weighted by atomic mass is 35.5. The van der Waals surface area contributed by atoms with Crippen molar-refractivity contribution in [3.05, 3.63) is 28.8 Å². The van der Waals surface area contributed by atoms with Gasteiger partial charge in [-0.15, -0.1) is 0 Å². The summed E-state index contributed by atoms with van der Waals surface area (Å²) in [7, 11) is 0. The van der Waals surface area contributed by atoms with Crippen LogP contribution < -0.4 is 10.2 Å². The van der Waals surface area contributed by atoms with Crippen LogP contribution in [0.3, 0.4) is 0 Å². The van der Waals surface area contributed by atoms with Gasteiger partial charge in [0.2, 0.25) is 0 Å². The predicted octanol–water partition coefficient (Wildman–Crippen LogP) is 2.67. The van der Waals surface area contributed by atoms with Crippen LogP contribution in [-0.2, 0) is 11.3 Å². The van der Waals surface area contributed by atoms with Gasteiger partial charge in [0.25, 0.3) is 0 Å². The molecule has 0 radical (unpaired) electrons. The maximum atomic E-state index is 6.10. The summed E-state index contributed by atoms with van der Waals surface area (Å²) in [5, 5.41) is 4.25. The number of benzene rings is 1. The summed E-state index contributed by atoms with van der Waals surface area (Å²) in [6.07, 6.45) is 0. The molecule has 0 aromatic heterocycles. The Morgan fingerprint density at radius 2 is 2.06 bits per heavy atom. The van der Waals surface area contributed by atoms with Crippen LogP contribution in [0, 0.1) is 0 Å². The first-order valence-corrected chi connectivity index (χ1v) is 6.89. The third-order valence-corrected chi connectivity index (χ3v) is 3.33. The molecule has 1 heterocycles. The molecule has 1 aromatic carbocycles. The van der Waals surface area contributed by atoms with Crippen molar-refractivity contribution in [1.82, 2.24) is 5.32 Å². The largest absolute Gasteiger partial charge is 0.378 e. The minimum atomic E-state index is 0.474. The van der Waals surface area contributed by atoms with Gasteiger partial charge in [-0.3, -0.25) is 0 Å². The molecule has 1 N–H and O–H groups in total. The second-order valence-corrected chi connectivity index (χ2v) is 5.34. The first-order chi connectivity index (χ1) is 8.66. The van der Waals surface area contributed by atoms with E-state index in [9.17, 15) is 0 Å². The van der Waals surface area contributed by atoms with Crippen LogP contribution in [0.4, 0.5) is 5.69 Å². The number of morpholine rings is 1. The van der Waals surface area contributed by atoms with E-state index in [1.165, 1.54) is 11.3 Å². The summed E-state index contributed by atoms with van der Waals surface area (Å²) in [5.41, 5.74) is 2.54. The van der Waals surface area contributed by atoms with Gasteiger partial charge in [0, 0.05) is 36.4 Å². The van der Waals surface area contributed by atoms with Gasteiger partial charge in [0.05, 0.1) is 13.2 Å². The van der Waals surface area contributed by atoms with E-state index in [-0.39, 0.29) is 0 Å². The summed E-state index contributed by atoms with van der Waals surface area (Å²) in [6, 6.07) is 6.61. The molecule has 4 heteroatoms. The number of anilines is 1. The Kier molecular flexibility index (Phi) is 4.87. The van der Waals surface area contributed by atoms with Crippen LogP contribution in [0.1, 0.15) is 19.4 Å². The summed E-state index contributed by atoms with van der Waals surface area (Å²) >= 11 is 6.10. The lowest BCUT2D eigenvalue weighted by atomic mass is 10.1. The number of ether oxygens (including phenoxy) is 1. The highest BCUT2D eigenvalue weighted by Crippen LogP contribution is 2.25. The average Bonchev–Trinajstić information content (AvgIpc) is 2.37. The molecule has 0 spiro atoms. The second kappa shape index (κ2) is 6.41. The number of nitrogens with one attached hydrogen (secondary N) is 1. The van der Waals surface area contributed by atoms with Gasteiger partial charge in [-0.25, -0.2) is 0 Å². The smallest absolute Gasteiger partial charge is 0.0642 e. The highest BCUT2D eigenvalue weighted by Gasteiger charge is 2.15. The Labute approximate surface area is 114 Å². The van der Waals surface area contributed by atoms with Gasteiger partial charge in [-0.05, 0) is 23.8 Å². The van der Waals surface area contributed by atoms with Crippen molar-refractivity contribution in [3.63, 3.8) is 0 Å². The van der Waals surface area contributed by atoms with Crippen LogP contribution in [-0.4, -0.2) is 32.3 Å². The molecule has 0 amide bonds. The molecule has 0 aliphatic carbocycles. The van der Waals surface area contributed by atoms with E-state index in [0.717, 1.165) is 37.9 Å². The van der Waals surface area contributed by atoms with Crippen LogP contribution in [0.2, 0.25) is 5.02 Å². The summed E-state index contributed by atoms with van der Waals surface area (Å²) in [6.45, 7) is 8.68. The van der Waals surface area contributed by atoms with E-state index in [1.54, 1.807) is 0 Å². The van der Waals surface area contributed by atoms with Gasteiger partial charge in [0.1, 0.15) is 0 Å². The van der Waals surface area contributed by atoms with E-state index in [1.807, 2.05) is 6.07 Å². The molecule has 1 aliphatic rings. The fourth-order valence-corrected chi connectivity index (χ4v) is 2.32. The maximum Gasteiger partial charge on any atom is 0.0642 e. The summed E-state index contributed by atoms with van der Waals surface area (Å²) in [5.74, 6) is 0. The van der Waals surface area contributed by atoms with Gasteiger partial charge in [0.15, 0.2) is 0 Å². The van der Waals surface area contributed by atoms with Crippen LogP contribution in [0.25, 0.3) is 0 Å². The van der Waals surface area contributed by atoms with Crippen LogP contribution in [0.15, 0.2) is 18.2 Å². The molecule has 100 valence electrons. The van der Waals surface area contributed by atoms with Gasteiger partial charge in [-0.2, -0.15) is 0 Å². The molecule has 3 nitrogen and oxygen atoms in total. The highest BCUT2D eigenvalue weighted by molar-refractivity contribution is 6.30. The maximum absolute atomic E-state index is 6.10. The Morgan fingerprint density at radius 3 is 2.72 bits per heavy atom. The Balaban J connectivity index is 2.16. The van der Waals surface area contributed by atoms with Crippen molar-refractivity contribution < 1.29 is 4.74 Å². The number of nitrogens with zero attached hydrogens (tertiary/aromatic N) is 1. The van der Waals surface area contributed by atoms with E-state index in [4.69, 9.17) is 16.3 Å². The van der Waals surface area contributed by atoms with E-state index < -0.39 is 0 Å². The molecule has 1 aliphatic heterocycles. The van der Waals surface area contributed by atoms with E-state index in [0.29, 0.717) is 6.04 Å². The normalized spacial score (nSPS) is 16.3. The number of hydrogen-bond acceptors (Lipinski definition) is 3. The third-order valence-electron chi connectivity index (χ3n) is 3.09. The second-order valence-electron chi connectivity index (χ2n) is 4.91. The molecule has 0 unspecified atom stereocenters. The van der Waals surface area contributed by atoms with Crippen LogP contribution in [0.5, 0.6) is 0 Å². The molecule has 0 bridgehead atoms. The number of hydrogen-bond donors (Lipinski definition) is 1. The van der Waals surface area contributed by atoms with Gasteiger partial charge in [-0.1, -0.05) is 25.4 Å². The van der Waals surface area contributed by atoms with Gasteiger partial charge >= 0.3 is 0 Å². The predicted molar refractivity (Wildman–Crippen MR) is 76.5 cm³/mol. The van der Waals surface area contributed by atoms with Crippen molar-refractivity contribution in [3.8, 4) is 0 Å². The zero-order chi connectivity index (χ0) is 13.0. The molecule has 1 saturated heterocycles. The number of halogens is 1. The first kappa shape index (κ1) is 13.7. The van der Waals surface area contributed by atoms with Crippen molar-refractivity contribution in [2.24, 2.45) is 0 Å². The quantitative estimate of drug-likeness (QED) is 0.909. The third kappa shape index (κ3) is 3.61. The standard InChI is InChI=1S/C14H21ClN2O/c1-11(2)16-10-12-9-13(15)3-4-14(12)17-5-7-18-8-6-17/h3-4,9,11,16H,5-8,10H2,1-2H3. The Morgan fingerprint density at radius 1 is 1.33 bits per heavy atom. The molecular weight excluding hydrogens is 248 g/mol. The molecule has 18 heavy (non-hydrogen) atoms. The van der Waals surface area contributed by atoms with Crippen molar-refractivity contribution in [2.75, 3.05) is 31.2 Å². The molecule has 0 saturated carbocycles. The lowest BCUT2D eigenvalue weighted by molar-refractivity contribution is 0.122. The van der Waals surface area contributed by atoms with E-state index in [2.05, 4.69) is 36.2 Å². The fourth-order valence-electron chi connectivity index (χ4n) is 2.12. The van der Waals surface area contributed by atoms with E-state index >= 15 is 0 Å². The monoisotopic (exact) mass is 268 g/mol. The zero-order valence-electron chi connectivity index (χ0n) is 11.1. The van der Waals surface area contributed by atoms with Gasteiger partial charge < -0.3 is 15.0 Å². The first-order valence-electron chi connectivity index (χ1n) is 6.51. The van der Waals surface area contributed by atoms with Crippen molar-refractivity contribution >= 4 is 17.3 Å². The molecule has 1 fully saturated rings. The minimum Gasteiger partial charge on any atom is -0.378 e. The summed E-state index contributed by atoms with van der Waals surface area (Å²) in [4.78, 5) is 2.37. The lowest BCUT2D eigenvalue weighted by Crippen LogP contribution is -2.37. The lowest BCUT2D eigenvalue weighted by Gasteiger charge is -2.31. The van der Waals surface area contributed by atoms with Crippen LogP contribution >= 0.6 is 11.6 Å². The fraction of sp³-hybridized carbons (Fsp3) is 0.571. The van der Waals surface area contributed by atoms with Crippen molar-refractivity contribution in [2.45, 2.75) is 26.4 Å². The summed E-state index contributed by atoms with van der Waals surface area (Å²) < 4.78 is 5.40. The Hall–Kier alpha value is -0.770.